The van der Waals surface area contributed by atoms with E-state index in [2.05, 4.69) is 16.3 Å². The molecule has 3 saturated heterocycles. The van der Waals surface area contributed by atoms with Crippen LogP contribution in [0.25, 0.3) is 0 Å². The Balaban J connectivity index is 1.30. The number of para-hydroxylation sites is 1. The molecule has 5 rings (SSSR count). The van der Waals surface area contributed by atoms with Crippen LogP contribution in [0.4, 0.5) is 16.2 Å². The number of nitrogens with zero attached hydrogens (tertiary/aromatic N) is 5. The molecule has 3 heterocycles. The molecule has 186 valence electrons. The van der Waals surface area contributed by atoms with Crippen LogP contribution in [0.15, 0.2) is 54.6 Å². The molecule has 1 N–H and O–H groups in total. The number of carbonyl (C=O) groups excluding carboxylic acids is 3. The fourth-order valence-electron chi connectivity index (χ4n) is 5.46. The van der Waals surface area contributed by atoms with Crippen LogP contribution < -0.4 is 10.2 Å². The van der Waals surface area contributed by atoms with Crippen LogP contribution in [0.5, 0.6) is 0 Å². The van der Waals surface area contributed by atoms with E-state index in [1.807, 2.05) is 35.2 Å². The molecule has 0 bridgehead atoms. The van der Waals surface area contributed by atoms with E-state index in [0.29, 0.717) is 43.9 Å². The molecule has 36 heavy (non-hydrogen) atoms. The summed E-state index contributed by atoms with van der Waals surface area (Å²) < 4.78 is 0. The van der Waals surface area contributed by atoms with Crippen molar-refractivity contribution in [2.45, 2.75) is 31.2 Å². The van der Waals surface area contributed by atoms with Gasteiger partial charge in [0.15, 0.2) is 0 Å². The van der Waals surface area contributed by atoms with E-state index >= 15 is 0 Å². The summed E-state index contributed by atoms with van der Waals surface area (Å²) in [6, 6.07) is 18.4. The summed E-state index contributed by atoms with van der Waals surface area (Å²) >= 11 is 0. The number of nitriles is 1. The van der Waals surface area contributed by atoms with Crippen molar-refractivity contribution in [1.29, 1.82) is 5.26 Å². The average Bonchev–Trinajstić information content (AvgIpc) is 3.54. The van der Waals surface area contributed by atoms with Gasteiger partial charge in [-0.25, -0.2) is 4.79 Å². The summed E-state index contributed by atoms with van der Waals surface area (Å²) in [6.07, 6.45) is 2.99. The molecule has 0 aromatic heterocycles. The summed E-state index contributed by atoms with van der Waals surface area (Å²) in [5.74, 6) is -0.0313. The van der Waals surface area contributed by atoms with Crippen molar-refractivity contribution in [2.75, 3.05) is 49.6 Å². The first-order valence-electron chi connectivity index (χ1n) is 12.5. The van der Waals surface area contributed by atoms with Gasteiger partial charge in [-0.2, -0.15) is 5.26 Å². The quantitative estimate of drug-likeness (QED) is 0.716. The van der Waals surface area contributed by atoms with Crippen molar-refractivity contribution in [1.82, 2.24) is 14.7 Å². The van der Waals surface area contributed by atoms with Crippen LogP contribution in [0.2, 0.25) is 0 Å². The Kier molecular flexibility index (Phi) is 6.51. The third-order valence-electron chi connectivity index (χ3n) is 7.51. The first-order valence-corrected chi connectivity index (χ1v) is 12.5. The second-order valence-electron chi connectivity index (χ2n) is 9.63. The van der Waals surface area contributed by atoms with Gasteiger partial charge in [0, 0.05) is 37.6 Å². The van der Waals surface area contributed by atoms with Crippen LogP contribution in [0, 0.1) is 11.3 Å². The number of benzene rings is 2. The van der Waals surface area contributed by atoms with E-state index in [1.54, 1.807) is 34.1 Å². The number of amides is 4. The zero-order chi connectivity index (χ0) is 25.1. The van der Waals surface area contributed by atoms with Crippen molar-refractivity contribution in [2.24, 2.45) is 0 Å². The lowest BCUT2D eigenvalue weighted by Crippen LogP contribution is -2.58. The summed E-state index contributed by atoms with van der Waals surface area (Å²) in [5, 5.41) is 11.8. The number of carbonyl (C=O) groups is 3. The first kappa shape index (κ1) is 23.7. The van der Waals surface area contributed by atoms with Gasteiger partial charge >= 0.3 is 6.03 Å². The molecule has 3 aliphatic rings. The van der Waals surface area contributed by atoms with E-state index in [1.165, 1.54) is 0 Å². The second-order valence-corrected chi connectivity index (χ2v) is 9.63. The first-order chi connectivity index (χ1) is 17.5. The smallest absolute Gasteiger partial charge is 0.321 e. The Hall–Kier alpha value is -4.06. The molecule has 0 aliphatic carbocycles. The van der Waals surface area contributed by atoms with Gasteiger partial charge in [-0.1, -0.05) is 18.2 Å². The molecule has 1 spiro atoms. The predicted octanol–water partition coefficient (Wildman–Crippen LogP) is 2.85. The Labute approximate surface area is 210 Å². The molecule has 9 nitrogen and oxygen atoms in total. The standard InChI is InChI=1S/C27H30N6O3/c28-18-21-8-10-22(11-9-21)29-26(36)31-16-12-27(13-17-31)25(35)32(19-24(34)30-14-4-5-15-30)20-33(27)23-6-2-1-3-7-23/h1-3,6-11H,4-5,12-17,19-20H2,(H,29,36). The molecule has 0 atom stereocenters. The zero-order valence-corrected chi connectivity index (χ0v) is 20.2. The predicted molar refractivity (Wildman–Crippen MR) is 135 cm³/mol. The van der Waals surface area contributed by atoms with Crippen molar-refractivity contribution < 1.29 is 14.4 Å². The van der Waals surface area contributed by atoms with E-state index < -0.39 is 5.54 Å². The highest BCUT2D eigenvalue weighted by Crippen LogP contribution is 2.39. The largest absolute Gasteiger partial charge is 0.341 e. The Morgan fingerprint density at radius 2 is 1.58 bits per heavy atom. The number of nitrogens with one attached hydrogen (secondary N) is 1. The maximum Gasteiger partial charge on any atom is 0.321 e. The molecule has 0 unspecified atom stereocenters. The molecule has 3 fully saturated rings. The van der Waals surface area contributed by atoms with Crippen LogP contribution in [-0.4, -0.2) is 77.5 Å². The number of hydrogen-bond donors (Lipinski definition) is 1. The number of likely N-dealkylation sites (tertiary alicyclic amines) is 2. The van der Waals surface area contributed by atoms with Crippen LogP contribution >= 0.6 is 0 Å². The molecular weight excluding hydrogens is 456 g/mol. The van der Waals surface area contributed by atoms with Crippen LogP contribution in [0.1, 0.15) is 31.2 Å². The molecular formula is C27H30N6O3. The highest BCUT2D eigenvalue weighted by atomic mass is 16.2. The van der Waals surface area contributed by atoms with E-state index in [4.69, 9.17) is 5.26 Å². The minimum Gasteiger partial charge on any atom is -0.341 e. The SMILES string of the molecule is N#Cc1ccc(NC(=O)N2CCC3(CC2)C(=O)N(CC(=O)N2CCCC2)CN3c2ccccc2)cc1. The minimum absolute atomic E-state index is 0.00476. The topological polar surface area (TPSA) is 100.0 Å². The number of piperidine rings is 1. The normalized spacial score (nSPS) is 19.0. The van der Waals surface area contributed by atoms with E-state index in [9.17, 15) is 14.4 Å². The zero-order valence-electron chi connectivity index (χ0n) is 20.2. The van der Waals surface area contributed by atoms with E-state index in [0.717, 1.165) is 31.6 Å². The Morgan fingerprint density at radius 1 is 0.917 bits per heavy atom. The fraction of sp³-hybridized carbons (Fsp3) is 0.407. The highest BCUT2D eigenvalue weighted by Gasteiger charge is 2.54. The number of hydrogen-bond acceptors (Lipinski definition) is 5. The van der Waals surface area contributed by atoms with Crippen molar-refractivity contribution in [3.05, 3.63) is 60.2 Å². The lowest BCUT2D eigenvalue weighted by Gasteiger charge is -2.43. The van der Waals surface area contributed by atoms with Gasteiger partial charge in [0.2, 0.25) is 5.91 Å². The van der Waals surface area contributed by atoms with Gasteiger partial charge in [0.25, 0.3) is 5.91 Å². The molecule has 2 aromatic carbocycles. The van der Waals surface area contributed by atoms with Gasteiger partial charge in [-0.05, 0) is 62.1 Å². The maximum absolute atomic E-state index is 13.8. The maximum atomic E-state index is 13.8. The van der Waals surface area contributed by atoms with Crippen molar-refractivity contribution >= 4 is 29.2 Å². The number of anilines is 2. The number of rotatable bonds is 4. The monoisotopic (exact) mass is 486 g/mol. The summed E-state index contributed by atoms with van der Waals surface area (Å²) in [4.78, 5) is 46.9. The van der Waals surface area contributed by atoms with Gasteiger partial charge in [-0.15, -0.1) is 0 Å². The third kappa shape index (κ3) is 4.47. The molecule has 4 amide bonds. The van der Waals surface area contributed by atoms with Gasteiger partial charge in [-0.3, -0.25) is 9.59 Å². The lowest BCUT2D eigenvalue weighted by molar-refractivity contribution is -0.140. The molecule has 0 saturated carbocycles. The van der Waals surface area contributed by atoms with Crippen molar-refractivity contribution in [3.8, 4) is 6.07 Å². The second kappa shape index (κ2) is 9.90. The number of urea groups is 1. The molecule has 2 aromatic rings. The van der Waals surface area contributed by atoms with Gasteiger partial charge in [0.05, 0.1) is 18.3 Å². The van der Waals surface area contributed by atoms with Crippen LogP contribution in [-0.2, 0) is 9.59 Å². The molecule has 3 aliphatic heterocycles. The van der Waals surface area contributed by atoms with Crippen LogP contribution in [0.3, 0.4) is 0 Å². The average molecular weight is 487 g/mol. The summed E-state index contributed by atoms with van der Waals surface area (Å²) in [7, 11) is 0. The minimum atomic E-state index is -0.780. The molecule has 0 radical (unpaired) electrons. The summed E-state index contributed by atoms with van der Waals surface area (Å²) in [5.41, 5.74) is 1.31. The fourth-order valence-corrected chi connectivity index (χ4v) is 5.46. The molecule has 9 heteroatoms. The summed E-state index contributed by atoms with van der Waals surface area (Å²) in [6.45, 7) is 2.82. The van der Waals surface area contributed by atoms with E-state index in [-0.39, 0.29) is 24.4 Å². The van der Waals surface area contributed by atoms with Crippen molar-refractivity contribution in [3.63, 3.8) is 0 Å². The Morgan fingerprint density at radius 3 is 2.22 bits per heavy atom. The Bertz CT molecular complexity index is 1160. The lowest BCUT2D eigenvalue weighted by atomic mass is 9.85. The third-order valence-corrected chi connectivity index (χ3v) is 7.51. The highest BCUT2D eigenvalue weighted by molar-refractivity contribution is 5.97. The van der Waals surface area contributed by atoms with Gasteiger partial charge in [0.1, 0.15) is 12.1 Å². The van der Waals surface area contributed by atoms with Gasteiger partial charge < -0.3 is 24.9 Å².